The Balaban J connectivity index is 2.27. The molecule has 1 heterocycles. The van der Waals surface area contributed by atoms with Gasteiger partial charge in [0.05, 0.1) is 0 Å². The summed E-state index contributed by atoms with van der Waals surface area (Å²) in [6.07, 6.45) is 2.71. The number of hydrogen-bond acceptors (Lipinski definition) is 3. The van der Waals surface area contributed by atoms with Crippen LogP contribution in [0.15, 0.2) is 0 Å². The Hall–Kier alpha value is -0.610. The van der Waals surface area contributed by atoms with Gasteiger partial charge in [-0.2, -0.15) is 0 Å². The standard InChI is InChI=1S/C15H31N3O/c1-6-16-12(2)11-14(19)17-13-7-9-18(10-8-13)15(3,4)5/h12-13,16H,6-11H2,1-5H3,(H,17,19). The fourth-order valence-corrected chi connectivity index (χ4v) is 2.68. The van der Waals surface area contributed by atoms with Gasteiger partial charge in [0, 0.05) is 37.1 Å². The van der Waals surface area contributed by atoms with Gasteiger partial charge in [0.1, 0.15) is 0 Å². The molecule has 1 atom stereocenters. The fourth-order valence-electron chi connectivity index (χ4n) is 2.68. The minimum absolute atomic E-state index is 0.183. The third-order valence-corrected chi connectivity index (χ3v) is 3.85. The van der Waals surface area contributed by atoms with Gasteiger partial charge in [-0.1, -0.05) is 6.92 Å². The highest BCUT2D eigenvalue weighted by Crippen LogP contribution is 2.20. The smallest absolute Gasteiger partial charge is 0.221 e. The monoisotopic (exact) mass is 269 g/mol. The summed E-state index contributed by atoms with van der Waals surface area (Å²) in [6, 6.07) is 0.625. The largest absolute Gasteiger partial charge is 0.353 e. The number of amides is 1. The summed E-state index contributed by atoms with van der Waals surface area (Å²) in [4.78, 5) is 14.4. The molecule has 0 spiro atoms. The van der Waals surface area contributed by atoms with E-state index in [0.29, 0.717) is 12.5 Å². The van der Waals surface area contributed by atoms with Crippen molar-refractivity contribution < 1.29 is 4.79 Å². The first-order valence-corrected chi connectivity index (χ1v) is 7.60. The first-order valence-electron chi connectivity index (χ1n) is 7.60. The van der Waals surface area contributed by atoms with E-state index in [2.05, 4.69) is 50.2 Å². The molecule has 4 heteroatoms. The second-order valence-electron chi connectivity index (χ2n) is 6.66. The number of piperidine rings is 1. The van der Waals surface area contributed by atoms with Gasteiger partial charge in [0.25, 0.3) is 0 Å². The lowest BCUT2D eigenvalue weighted by Gasteiger charge is -2.41. The van der Waals surface area contributed by atoms with E-state index in [-0.39, 0.29) is 17.5 Å². The van der Waals surface area contributed by atoms with E-state index in [1.807, 2.05) is 0 Å². The molecule has 4 nitrogen and oxygen atoms in total. The Bertz CT molecular complexity index is 278. The minimum Gasteiger partial charge on any atom is -0.353 e. The van der Waals surface area contributed by atoms with E-state index < -0.39 is 0 Å². The van der Waals surface area contributed by atoms with Crippen molar-refractivity contribution >= 4 is 5.91 Å². The van der Waals surface area contributed by atoms with E-state index >= 15 is 0 Å². The topological polar surface area (TPSA) is 44.4 Å². The third-order valence-electron chi connectivity index (χ3n) is 3.85. The van der Waals surface area contributed by atoms with Crippen molar-refractivity contribution in [1.82, 2.24) is 15.5 Å². The lowest BCUT2D eigenvalue weighted by Crippen LogP contribution is -2.51. The first kappa shape index (κ1) is 16.4. The lowest BCUT2D eigenvalue weighted by molar-refractivity contribution is -0.122. The molecule has 1 aliphatic heterocycles. The summed E-state index contributed by atoms with van der Waals surface area (Å²) < 4.78 is 0. The Morgan fingerprint density at radius 2 is 1.89 bits per heavy atom. The van der Waals surface area contributed by atoms with Crippen LogP contribution in [0.4, 0.5) is 0 Å². The van der Waals surface area contributed by atoms with Crippen LogP contribution < -0.4 is 10.6 Å². The molecule has 0 saturated carbocycles. The maximum atomic E-state index is 11.9. The summed E-state index contributed by atoms with van der Waals surface area (Å²) in [5, 5.41) is 6.45. The molecule has 1 fully saturated rings. The van der Waals surface area contributed by atoms with E-state index in [4.69, 9.17) is 0 Å². The maximum absolute atomic E-state index is 11.9. The Kier molecular flexibility index (Phi) is 6.27. The Morgan fingerprint density at radius 1 is 1.32 bits per heavy atom. The van der Waals surface area contributed by atoms with Crippen molar-refractivity contribution in [3.63, 3.8) is 0 Å². The van der Waals surface area contributed by atoms with Crippen molar-refractivity contribution in [2.75, 3.05) is 19.6 Å². The van der Waals surface area contributed by atoms with Gasteiger partial charge in [-0.3, -0.25) is 9.69 Å². The van der Waals surface area contributed by atoms with Crippen LogP contribution >= 0.6 is 0 Å². The molecule has 0 aliphatic carbocycles. The van der Waals surface area contributed by atoms with Crippen molar-refractivity contribution in [1.29, 1.82) is 0 Å². The molecule has 1 amide bonds. The molecule has 0 bridgehead atoms. The van der Waals surface area contributed by atoms with Gasteiger partial charge in [-0.25, -0.2) is 0 Å². The molecule has 112 valence electrons. The molecule has 0 aromatic rings. The molecule has 1 aliphatic rings. The number of nitrogens with zero attached hydrogens (tertiary/aromatic N) is 1. The number of nitrogens with one attached hydrogen (secondary N) is 2. The van der Waals surface area contributed by atoms with Crippen molar-refractivity contribution in [2.24, 2.45) is 0 Å². The molecule has 1 rings (SSSR count). The predicted molar refractivity (Wildman–Crippen MR) is 80.2 cm³/mol. The van der Waals surface area contributed by atoms with E-state index in [0.717, 1.165) is 32.5 Å². The van der Waals surface area contributed by atoms with E-state index in [1.165, 1.54) is 0 Å². The number of carbonyl (C=O) groups is 1. The quantitative estimate of drug-likeness (QED) is 0.799. The van der Waals surface area contributed by atoms with Crippen molar-refractivity contribution in [3.05, 3.63) is 0 Å². The average molecular weight is 269 g/mol. The van der Waals surface area contributed by atoms with Gasteiger partial charge in [0.15, 0.2) is 0 Å². The SMILES string of the molecule is CCNC(C)CC(=O)NC1CCN(C(C)(C)C)CC1. The van der Waals surface area contributed by atoms with Gasteiger partial charge in [0.2, 0.25) is 5.91 Å². The molecular weight excluding hydrogens is 238 g/mol. The van der Waals surface area contributed by atoms with Crippen LogP contribution in [0, 0.1) is 0 Å². The summed E-state index contributed by atoms with van der Waals surface area (Å²) in [6.45, 7) is 14.0. The predicted octanol–water partition coefficient (Wildman–Crippen LogP) is 1.75. The average Bonchev–Trinajstić information content (AvgIpc) is 2.28. The van der Waals surface area contributed by atoms with Crippen LogP contribution in [0.25, 0.3) is 0 Å². The maximum Gasteiger partial charge on any atom is 0.221 e. The van der Waals surface area contributed by atoms with E-state index in [1.54, 1.807) is 0 Å². The van der Waals surface area contributed by atoms with Crippen LogP contribution in [0.5, 0.6) is 0 Å². The zero-order valence-electron chi connectivity index (χ0n) is 13.3. The molecule has 0 aromatic carbocycles. The third kappa shape index (κ3) is 5.91. The summed E-state index contributed by atoms with van der Waals surface area (Å²) >= 11 is 0. The molecular formula is C15H31N3O. The fraction of sp³-hybridized carbons (Fsp3) is 0.933. The number of likely N-dealkylation sites (tertiary alicyclic amines) is 1. The highest BCUT2D eigenvalue weighted by atomic mass is 16.1. The molecule has 0 aromatic heterocycles. The van der Waals surface area contributed by atoms with Crippen LogP contribution in [0.1, 0.15) is 53.9 Å². The van der Waals surface area contributed by atoms with Gasteiger partial charge in [-0.15, -0.1) is 0 Å². The number of rotatable bonds is 5. The molecule has 0 radical (unpaired) electrons. The zero-order valence-corrected chi connectivity index (χ0v) is 13.3. The van der Waals surface area contributed by atoms with Crippen LogP contribution in [-0.4, -0.2) is 48.1 Å². The molecule has 1 unspecified atom stereocenters. The van der Waals surface area contributed by atoms with Crippen molar-refractivity contribution in [3.8, 4) is 0 Å². The minimum atomic E-state index is 0.183. The van der Waals surface area contributed by atoms with Crippen LogP contribution in [-0.2, 0) is 4.79 Å². The van der Waals surface area contributed by atoms with Crippen molar-refractivity contribution in [2.45, 2.75) is 71.5 Å². The van der Waals surface area contributed by atoms with Gasteiger partial charge >= 0.3 is 0 Å². The second-order valence-corrected chi connectivity index (χ2v) is 6.66. The Morgan fingerprint density at radius 3 is 2.37 bits per heavy atom. The lowest BCUT2D eigenvalue weighted by atomic mass is 9.98. The van der Waals surface area contributed by atoms with Gasteiger partial charge in [-0.05, 0) is 47.1 Å². The second kappa shape index (κ2) is 7.25. The first-order chi connectivity index (χ1) is 8.82. The van der Waals surface area contributed by atoms with Gasteiger partial charge < -0.3 is 10.6 Å². The summed E-state index contributed by atoms with van der Waals surface area (Å²) in [5.74, 6) is 0.183. The number of hydrogen-bond donors (Lipinski definition) is 2. The Labute approximate surface area is 118 Å². The molecule has 1 saturated heterocycles. The molecule has 19 heavy (non-hydrogen) atoms. The highest BCUT2D eigenvalue weighted by Gasteiger charge is 2.27. The van der Waals surface area contributed by atoms with Crippen LogP contribution in [0.3, 0.4) is 0 Å². The zero-order chi connectivity index (χ0) is 14.5. The van der Waals surface area contributed by atoms with Crippen LogP contribution in [0.2, 0.25) is 0 Å². The van der Waals surface area contributed by atoms with E-state index in [9.17, 15) is 4.79 Å². The highest BCUT2D eigenvalue weighted by molar-refractivity contribution is 5.76. The molecule has 2 N–H and O–H groups in total. The number of carbonyl (C=O) groups excluding carboxylic acids is 1. The summed E-state index contributed by atoms with van der Waals surface area (Å²) in [5.41, 5.74) is 0.245. The normalized spacial score (nSPS) is 20.3. The summed E-state index contributed by atoms with van der Waals surface area (Å²) in [7, 11) is 0.